The van der Waals surface area contributed by atoms with Crippen LogP contribution < -0.4 is 0 Å². The fourth-order valence-electron chi connectivity index (χ4n) is 2.52. The molecule has 0 bridgehead atoms. The second-order valence-corrected chi connectivity index (χ2v) is 4.60. The first-order valence-corrected chi connectivity index (χ1v) is 6.09. The summed E-state index contributed by atoms with van der Waals surface area (Å²) in [6.07, 6.45) is 0.752. The number of nitriles is 1. The van der Waals surface area contributed by atoms with Crippen molar-refractivity contribution < 1.29 is 14.7 Å². The van der Waals surface area contributed by atoms with Gasteiger partial charge in [-0.15, -0.1) is 0 Å². The molecule has 0 aliphatic carbocycles. The van der Waals surface area contributed by atoms with Gasteiger partial charge in [0.05, 0.1) is 12.5 Å². The number of nitrogens with zero attached hydrogens (tertiary/aromatic N) is 2. The summed E-state index contributed by atoms with van der Waals surface area (Å²) < 4.78 is 0. The highest BCUT2D eigenvalue weighted by atomic mass is 16.4. The molecule has 19 heavy (non-hydrogen) atoms. The van der Waals surface area contributed by atoms with Gasteiger partial charge in [0.2, 0.25) is 0 Å². The molecule has 0 aromatic heterocycles. The highest BCUT2D eigenvalue weighted by Gasteiger charge is 2.50. The average molecular weight is 258 g/mol. The van der Waals surface area contributed by atoms with E-state index in [1.807, 2.05) is 6.07 Å². The van der Waals surface area contributed by atoms with Gasteiger partial charge in [0.15, 0.2) is 5.54 Å². The number of rotatable bonds is 3. The lowest BCUT2D eigenvalue weighted by Gasteiger charge is -2.32. The van der Waals surface area contributed by atoms with Crippen LogP contribution in [0.2, 0.25) is 0 Å². The normalized spacial score (nSPS) is 21.9. The van der Waals surface area contributed by atoms with E-state index >= 15 is 0 Å². The molecule has 1 unspecified atom stereocenters. The van der Waals surface area contributed by atoms with Gasteiger partial charge in [-0.1, -0.05) is 18.2 Å². The molecular formula is C14H14N2O3. The molecule has 1 heterocycles. The predicted molar refractivity (Wildman–Crippen MR) is 67.3 cm³/mol. The summed E-state index contributed by atoms with van der Waals surface area (Å²) >= 11 is 0. The number of benzene rings is 1. The molecule has 2 rings (SSSR count). The van der Waals surface area contributed by atoms with Gasteiger partial charge in [0, 0.05) is 12.1 Å². The first-order valence-electron chi connectivity index (χ1n) is 6.09. The van der Waals surface area contributed by atoms with E-state index in [9.17, 15) is 14.7 Å². The molecular weight excluding hydrogens is 244 g/mol. The summed E-state index contributed by atoms with van der Waals surface area (Å²) in [6.45, 7) is 0.377. The Bertz CT molecular complexity index is 535. The molecule has 0 saturated carbocycles. The van der Waals surface area contributed by atoms with E-state index in [1.54, 1.807) is 30.3 Å². The number of hydrogen-bond donors (Lipinski definition) is 1. The molecule has 1 atom stereocenters. The van der Waals surface area contributed by atoms with Crippen LogP contribution in [-0.4, -0.2) is 34.0 Å². The molecule has 5 nitrogen and oxygen atoms in total. The quantitative estimate of drug-likeness (QED) is 0.893. The van der Waals surface area contributed by atoms with Crippen LogP contribution in [-0.2, 0) is 4.79 Å². The minimum Gasteiger partial charge on any atom is -0.479 e. The number of carboxylic acids is 1. The van der Waals surface area contributed by atoms with Gasteiger partial charge >= 0.3 is 5.97 Å². The monoisotopic (exact) mass is 258 g/mol. The zero-order valence-electron chi connectivity index (χ0n) is 10.4. The van der Waals surface area contributed by atoms with E-state index in [0.717, 1.165) is 0 Å². The van der Waals surface area contributed by atoms with Crippen LogP contribution >= 0.6 is 0 Å². The first-order chi connectivity index (χ1) is 9.12. The second-order valence-electron chi connectivity index (χ2n) is 4.60. The van der Waals surface area contributed by atoms with Gasteiger partial charge in [0.25, 0.3) is 5.91 Å². The molecule has 1 saturated heterocycles. The Balaban J connectivity index is 2.35. The van der Waals surface area contributed by atoms with Gasteiger partial charge in [-0.25, -0.2) is 4.79 Å². The van der Waals surface area contributed by atoms with Gasteiger partial charge in [-0.2, -0.15) is 5.26 Å². The molecule has 1 aliphatic heterocycles. The number of aliphatic carboxylic acids is 1. The van der Waals surface area contributed by atoms with E-state index in [4.69, 9.17) is 5.26 Å². The molecule has 1 amide bonds. The van der Waals surface area contributed by atoms with Gasteiger partial charge in [0.1, 0.15) is 0 Å². The SMILES string of the molecule is N#CCC1(C(=O)O)CCCN1C(=O)c1ccccc1. The maximum absolute atomic E-state index is 12.4. The minimum atomic E-state index is -1.37. The van der Waals surface area contributed by atoms with Crippen molar-refractivity contribution in [2.75, 3.05) is 6.54 Å². The first kappa shape index (κ1) is 13.1. The zero-order chi connectivity index (χ0) is 13.9. The molecule has 1 aliphatic rings. The second kappa shape index (κ2) is 5.11. The largest absolute Gasteiger partial charge is 0.479 e. The number of carboxylic acid groups (broad SMARTS) is 1. The van der Waals surface area contributed by atoms with Crippen LogP contribution in [0.4, 0.5) is 0 Å². The van der Waals surface area contributed by atoms with Gasteiger partial charge < -0.3 is 10.0 Å². The van der Waals surface area contributed by atoms with E-state index in [2.05, 4.69) is 0 Å². The smallest absolute Gasteiger partial charge is 0.330 e. The summed E-state index contributed by atoms with van der Waals surface area (Å²) in [7, 11) is 0. The fourth-order valence-corrected chi connectivity index (χ4v) is 2.52. The lowest BCUT2D eigenvalue weighted by atomic mass is 9.92. The third kappa shape index (κ3) is 2.17. The Morgan fingerprint density at radius 3 is 2.63 bits per heavy atom. The molecule has 0 spiro atoms. The summed E-state index contributed by atoms with van der Waals surface area (Å²) in [5, 5.41) is 18.3. The third-order valence-electron chi connectivity index (χ3n) is 3.52. The van der Waals surface area contributed by atoms with Crippen LogP contribution in [0.5, 0.6) is 0 Å². The van der Waals surface area contributed by atoms with Crippen molar-refractivity contribution in [3.63, 3.8) is 0 Å². The van der Waals surface area contributed by atoms with Crippen molar-refractivity contribution in [1.29, 1.82) is 5.26 Å². The van der Waals surface area contributed by atoms with Crippen molar-refractivity contribution in [2.24, 2.45) is 0 Å². The number of carbonyl (C=O) groups is 2. The van der Waals surface area contributed by atoms with Gasteiger partial charge in [-0.05, 0) is 25.0 Å². The Hall–Kier alpha value is -2.35. The molecule has 5 heteroatoms. The molecule has 1 aromatic rings. The third-order valence-corrected chi connectivity index (χ3v) is 3.52. The van der Waals surface area contributed by atoms with Crippen LogP contribution in [0.25, 0.3) is 0 Å². The lowest BCUT2D eigenvalue weighted by Crippen LogP contribution is -2.52. The highest BCUT2D eigenvalue weighted by Crippen LogP contribution is 2.34. The Morgan fingerprint density at radius 1 is 1.37 bits per heavy atom. The van der Waals surface area contributed by atoms with Crippen molar-refractivity contribution in [3.8, 4) is 6.07 Å². The van der Waals surface area contributed by atoms with Gasteiger partial charge in [-0.3, -0.25) is 4.79 Å². The zero-order valence-corrected chi connectivity index (χ0v) is 10.4. The Labute approximate surface area is 111 Å². The van der Waals surface area contributed by atoms with E-state index in [1.165, 1.54) is 4.90 Å². The number of hydrogen-bond acceptors (Lipinski definition) is 3. The summed E-state index contributed by atoms with van der Waals surface area (Å²) in [6, 6.07) is 10.5. The topological polar surface area (TPSA) is 81.4 Å². The highest BCUT2D eigenvalue weighted by molar-refractivity contribution is 5.98. The molecule has 98 valence electrons. The van der Waals surface area contributed by atoms with Crippen LogP contribution in [0.1, 0.15) is 29.6 Å². The Morgan fingerprint density at radius 2 is 2.05 bits per heavy atom. The number of amides is 1. The lowest BCUT2D eigenvalue weighted by molar-refractivity contribution is -0.148. The van der Waals surface area contributed by atoms with Crippen molar-refractivity contribution in [1.82, 2.24) is 4.90 Å². The maximum atomic E-state index is 12.4. The van der Waals surface area contributed by atoms with Crippen LogP contribution in [0.3, 0.4) is 0 Å². The fraction of sp³-hybridized carbons (Fsp3) is 0.357. The van der Waals surface area contributed by atoms with Crippen molar-refractivity contribution in [2.45, 2.75) is 24.8 Å². The summed E-state index contributed by atoms with van der Waals surface area (Å²) in [5.74, 6) is -1.42. The van der Waals surface area contributed by atoms with Crippen molar-refractivity contribution in [3.05, 3.63) is 35.9 Å². The summed E-state index contributed by atoms with van der Waals surface area (Å²) in [4.78, 5) is 25.2. The average Bonchev–Trinajstić information content (AvgIpc) is 2.84. The molecule has 0 radical (unpaired) electrons. The number of carbonyl (C=O) groups excluding carboxylic acids is 1. The molecule has 1 aromatic carbocycles. The summed E-state index contributed by atoms with van der Waals surface area (Å²) in [5.41, 5.74) is -0.922. The standard InChI is InChI=1S/C14H14N2O3/c15-9-8-14(13(18)19)7-4-10-16(14)12(17)11-5-2-1-3-6-11/h1-3,5-6H,4,7-8,10H2,(H,18,19). The number of likely N-dealkylation sites (tertiary alicyclic amines) is 1. The van der Waals surface area contributed by atoms with Crippen molar-refractivity contribution >= 4 is 11.9 Å². The van der Waals surface area contributed by atoms with E-state index in [0.29, 0.717) is 24.9 Å². The Kier molecular flexibility index (Phi) is 3.52. The van der Waals surface area contributed by atoms with E-state index < -0.39 is 11.5 Å². The van der Waals surface area contributed by atoms with Crippen LogP contribution in [0.15, 0.2) is 30.3 Å². The molecule has 1 fully saturated rings. The minimum absolute atomic E-state index is 0.180. The molecule has 1 N–H and O–H groups in total. The van der Waals surface area contributed by atoms with E-state index in [-0.39, 0.29) is 12.3 Å². The maximum Gasteiger partial charge on any atom is 0.330 e. The predicted octanol–water partition coefficient (Wildman–Crippen LogP) is 1.66. The van der Waals surface area contributed by atoms with Crippen LogP contribution in [0, 0.1) is 11.3 Å².